The lowest BCUT2D eigenvalue weighted by atomic mass is 10.3. The number of phenolic OH excluding ortho intramolecular Hbond substituents is 1. The van der Waals surface area contributed by atoms with Gasteiger partial charge in [-0.3, -0.25) is 0 Å². The second kappa shape index (κ2) is 5.50. The quantitative estimate of drug-likeness (QED) is 0.734. The molecule has 0 aliphatic rings. The molecule has 3 nitrogen and oxygen atoms in total. The molecule has 0 fully saturated rings. The zero-order valence-corrected chi connectivity index (χ0v) is 8.56. The van der Waals surface area contributed by atoms with Gasteiger partial charge in [0.2, 0.25) is 0 Å². The minimum absolute atomic E-state index is 0.215. The summed E-state index contributed by atoms with van der Waals surface area (Å²) in [5.41, 5.74) is 0. The number of hydrogen-bond donors (Lipinski definition) is 1. The van der Waals surface area contributed by atoms with Crippen LogP contribution in [0.25, 0.3) is 0 Å². The third-order valence-electron chi connectivity index (χ3n) is 1.62. The normalized spacial score (nSPS) is 10.5. The molecule has 0 saturated heterocycles. The fourth-order valence-corrected chi connectivity index (χ4v) is 1.02. The number of ether oxygens (including phenoxy) is 2. The van der Waals surface area contributed by atoms with E-state index in [1.165, 1.54) is 0 Å². The first kappa shape index (κ1) is 10.9. The minimum atomic E-state index is 0.215. The Hall–Kier alpha value is -1.22. The smallest absolute Gasteiger partial charge is 0.123 e. The van der Waals surface area contributed by atoms with Gasteiger partial charge in [-0.15, -0.1) is 0 Å². The van der Waals surface area contributed by atoms with Gasteiger partial charge in [0.15, 0.2) is 0 Å². The van der Waals surface area contributed by atoms with Crippen LogP contribution < -0.4 is 4.74 Å². The zero-order valence-electron chi connectivity index (χ0n) is 8.56. The van der Waals surface area contributed by atoms with Crippen molar-refractivity contribution < 1.29 is 14.6 Å². The molecule has 0 aliphatic heterocycles. The Morgan fingerprint density at radius 1 is 1.29 bits per heavy atom. The van der Waals surface area contributed by atoms with Crippen molar-refractivity contribution in [2.75, 3.05) is 13.2 Å². The summed E-state index contributed by atoms with van der Waals surface area (Å²) in [6.07, 6.45) is 0.225. The van der Waals surface area contributed by atoms with Crippen molar-refractivity contribution in [2.45, 2.75) is 20.0 Å². The van der Waals surface area contributed by atoms with Crippen LogP contribution in [0.5, 0.6) is 11.5 Å². The molecule has 1 aromatic carbocycles. The van der Waals surface area contributed by atoms with Crippen molar-refractivity contribution in [3.05, 3.63) is 24.3 Å². The molecule has 0 spiro atoms. The van der Waals surface area contributed by atoms with Crippen LogP contribution in [0.4, 0.5) is 0 Å². The van der Waals surface area contributed by atoms with E-state index in [9.17, 15) is 0 Å². The standard InChI is InChI=1S/C11H16O3/c1-9(2)13-6-7-14-11-5-3-4-10(12)8-11/h3-5,8-9,12H,6-7H2,1-2H3. The number of rotatable bonds is 5. The predicted molar refractivity (Wildman–Crippen MR) is 54.7 cm³/mol. The molecule has 14 heavy (non-hydrogen) atoms. The van der Waals surface area contributed by atoms with Gasteiger partial charge in [0.25, 0.3) is 0 Å². The summed E-state index contributed by atoms with van der Waals surface area (Å²) in [7, 11) is 0. The van der Waals surface area contributed by atoms with Gasteiger partial charge in [0.1, 0.15) is 18.1 Å². The van der Waals surface area contributed by atoms with E-state index in [4.69, 9.17) is 14.6 Å². The van der Waals surface area contributed by atoms with E-state index in [1.807, 2.05) is 13.8 Å². The van der Waals surface area contributed by atoms with Crippen molar-refractivity contribution in [2.24, 2.45) is 0 Å². The third-order valence-corrected chi connectivity index (χ3v) is 1.62. The van der Waals surface area contributed by atoms with Crippen molar-refractivity contribution in [1.29, 1.82) is 0 Å². The van der Waals surface area contributed by atoms with E-state index < -0.39 is 0 Å². The van der Waals surface area contributed by atoms with Crippen LogP contribution in [0, 0.1) is 0 Å². The number of hydrogen-bond acceptors (Lipinski definition) is 3. The number of benzene rings is 1. The Morgan fingerprint density at radius 3 is 2.71 bits per heavy atom. The number of aromatic hydroxyl groups is 1. The van der Waals surface area contributed by atoms with Crippen LogP contribution >= 0.6 is 0 Å². The first-order valence-corrected chi connectivity index (χ1v) is 4.72. The maximum Gasteiger partial charge on any atom is 0.123 e. The largest absolute Gasteiger partial charge is 0.508 e. The van der Waals surface area contributed by atoms with Crippen LogP contribution in [0.15, 0.2) is 24.3 Å². The molecule has 0 amide bonds. The van der Waals surface area contributed by atoms with Crippen LogP contribution in [-0.2, 0) is 4.74 Å². The van der Waals surface area contributed by atoms with Crippen molar-refractivity contribution in [3.63, 3.8) is 0 Å². The van der Waals surface area contributed by atoms with E-state index in [-0.39, 0.29) is 11.9 Å². The highest BCUT2D eigenvalue weighted by molar-refractivity contribution is 5.31. The van der Waals surface area contributed by atoms with Gasteiger partial charge >= 0.3 is 0 Å². The van der Waals surface area contributed by atoms with Gasteiger partial charge in [-0.2, -0.15) is 0 Å². The first-order valence-electron chi connectivity index (χ1n) is 4.72. The molecule has 0 radical (unpaired) electrons. The van der Waals surface area contributed by atoms with Gasteiger partial charge in [-0.05, 0) is 26.0 Å². The van der Waals surface area contributed by atoms with E-state index in [0.717, 1.165) is 0 Å². The molecule has 0 aromatic heterocycles. The summed E-state index contributed by atoms with van der Waals surface area (Å²) in [5, 5.41) is 9.15. The predicted octanol–water partition coefficient (Wildman–Crippen LogP) is 2.20. The second-order valence-electron chi connectivity index (χ2n) is 3.27. The fourth-order valence-electron chi connectivity index (χ4n) is 1.02. The van der Waals surface area contributed by atoms with E-state index in [0.29, 0.717) is 19.0 Å². The summed E-state index contributed by atoms with van der Waals surface area (Å²) in [6, 6.07) is 6.73. The van der Waals surface area contributed by atoms with Crippen LogP contribution in [-0.4, -0.2) is 24.4 Å². The lowest BCUT2D eigenvalue weighted by molar-refractivity contribution is 0.0552. The van der Waals surface area contributed by atoms with Crippen LogP contribution in [0.3, 0.4) is 0 Å². The summed E-state index contributed by atoms with van der Waals surface area (Å²) in [5.74, 6) is 0.879. The number of phenols is 1. The fraction of sp³-hybridized carbons (Fsp3) is 0.455. The van der Waals surface area contributed by atoms with Crippen LogP contribution in [0.2, 0.25) is 0 Å². The van der Waals surface area contributed by atoms with Crippen molar-refractivity contribution in [3.8, 4) is 11.5 Å². The average Bonchev–Trinajstić information content (AvgIpc) is 2.12. The highest BCUT2D eigenvalue weighted by Crippen LogP contribution is 2.17. The molecule has 0 atom stereocenters. The van der Waals surface area contributed by atoms with Gasteiger partial charge in [0, 0.05) is 6.07 Å². The minimum Gasteiger partial charge on any atom is -0.508 e. The lowest BCUT2D eigenvalue weighted by Crippen LogP contribution is -2.11. The van der Waals surface area contributed by atoms with E-state index >= 15 is 0 Å². The monoisotopic (exact) mass is 196 g/mol. The van der Waals surface area contributed by atoms with Gasteiger partial charge in [-0.25, -0.2) is 0 Å². The zero-order chi connectivity index (χ0) is 10.4. The maximum atomic E-state index is 9.15. The Morgan fingerprint density at radius 2 is 2.07 bits per heavy atom. The lowest BCUT2D eigenvalue weighted by Gasteiger charge is -2.09. The van der Waals surface area contributed by atoms with Crippen molar-refractivity contribution in [1.82, 2.24) is 0 Å². The Labute approximate surface area is 84.3 Å². The summed E-state index contributed by atoms with van der Waals surface area (Å²) in [6.45, 7) is 5.03. The molecule has 0 saturated carbocycles. The maximum absolute atomic E-state index is 9.15. The van der Waals surface area contributed by atoms with E-state index in [1.54, 1.807) is 24.3 Å². The second-order valence-corrected chi connectivity index (χ2v) is 3.27. The van der Waals surface area contributed by atoms with Crippen molar-refractivity contribution >= 4 is 0 Å². The molecule has 0 bridgehead atoms. The average molecular weight is 196 g/mol. The summed E-state index contributed by atoms with van der Waals surface area (Å²) in [4.78, 5) is 0. The van der Waals surface area contributed by atoms with Gasteiger partial charge in [-0.1, -0.05) is 6.07 Å². The molecule has 1 rings (SSSR count). The molecule has 0 unspecified atom stereocenters. The Balaban J connectivity index is 2.25. The molecule has 1 N–H and O–H groups in total. The van der Waals surface area contributed by atoms with E-state index in [2.05, 4.69) is 0 Å². The molecule has 3 heteroatoms. The SMILES string of the molecule is CC(C)OCCOc1cccc(O)c1. The topological polar surface area (TPSA) is 38.7 Å². The van der Waals surface area contributed by atoms with Gasteiger partial charge in [0.05, 0.1) is 12.7 Å². The highest BCUT2D eigenvalue weighted by atomic mass is 16.5. The summed E-state index contributed by atoms with van der Waals surface area (Å²) < 4.78 is 10.7. The Bertz CT molecular complexity index is 271. The first-order chi connectivity index (χ1) is 6.68. The molecular formula is C11H16O3. The molecule has 0 heterocycles. The molecule has 1 aromatic rings. The van der Waals surface area contributed by atoms with Gasteiger partial charge < -0.3 is 14.6 Å². The summed E-state index contributed by atoms with van der Waals surface area (Å²) >= 11 is 0. The van der Waals surface area contributed by atoms with Crippen LogP contribution in [0.1, 0.15) is 13.8 Å². The highest BCUT2D eigenvalue weighted by Gasteiger charge is 1.96. The molecular weight excluding hydrogens is 180 g/mol. The molecule has 78 valence electrons. The Kier molecular flexibility index (Phi) is 4.26. The third kappa shape index (κ3) is 4.14. The molecule has 0 aliphatic carbocycles.